The zero-order chi connectivity index (χ0) is 12.1. The van der Waals surface area contributed by atoms with Crippen molar-refractivity contribution in [1.29, 1.82) is 0 Å². The quantitative estimate of drug-likeness (QED) is 0.762. The summed E-state index contributed by atoms with van der Waals surface area (Å²) in [5.41, 5.74) is 0.616. The molecule has 1 atom stereocenters. The van der Waals surface area contributed by atoms with E-state index in [1.54, 1.807) is 6.07 Å². The van der Waals surface area contributed by atoms with E-state index in [4.69, 9.17) is 14.4 Å². The number of ether oxygens (including phenoxy) is 1. The first-order valence-electron chi connectivity index (χ1n) is 4.54. The minimum absolute atomic E-state index is 0.0438. The van der Waals surface area contributed by atoms with E-state index in [0.29, 0.717) is 11.3 Å². The van der Waals surface area contributed by atoms with Gasteiger partial charge >= 0.3 is 5.97 Å². The van der Waals surface area contributed by atoms with E-state index in [1.165, 1.54) is 19.2 Å². The molecule has 0 heterocycles. The molecule has 0 saturated heterocycles. The highest BCUT2D eigenvalue weighted by molar-refractivity contribution is 7.79. The third kappa shape index (κ3) is 3.32. The van der Waals surface area contributed by atoms with E-state index in [2.05, 4.69) is 0 Å². The second-order valence-corrected chi connectivity index (χ2v) is 4.09. The molecule has 0 saturated carbocycles. The Hall–Kier alpha value is -1.40. The third-order valence-electron chi connectivity index (χ3n) is 2.06. The highest BCUT2D eigenvalue weighted by atomic mass is 32.2. The Morgan fingerprint density at radius 2 is 2.19 bits per heavy atom. The van der Waals surface area contributed by atoms with Gasteiger partial charge in [-0.1, -0.05) is 0 Å². The molecule has 0 bridgehead atoms. The van der Waals surface area contributed by atoms with Crippen LogP contribution in [0.3, 0.4) is 0 Å². The number of methoxy groups -OCH3 is 1. The summed E-state index contributed by atoms with van der Waals surface area (Å²) in [6.45, 7) is 0. The van der Waals surface area contributed by atoms with Crippen LogP contribution in [-0.2, 0) is 22.3 Å². The Kier molecular flexibility index (Phi) is 4.45. The zero-order valence-corrected chi connectivity index (χ0v) is 9.49. The van der Waals surface area contributed by atoms with Crippen molar-refractivity contribution in [2.75, 3.05) is 7.11 Å². The molecular weight excluding hydrogens is 232 g/mol. The van der Waals surface area contributed by atoms with Crippen LogP contribution >= 0.6 is 0 Å². The Balaban J connectivity index is 2.97. The lowest BCUT2D eigenvalue weighted by Crippen LogP contribution is -2.01. The molecule has 88 valence electrons. The van der Waals surface area contributed by atoms with Gasteiger partial charge in [0.1, 0.15) is 5.75 Å². The fourth-order valence-electron chi connectivity index (χ4n) is 1.30. The van der Waals surface area contributed by atoms with Crippen LogP contribution in [-0.4, -0.2) is 26.9 Å². The minimum atomic E-state index is -2.07. The standard InChI is InChI=1S/C10H12O5S/c1-15-9-4-3-8(16(13)14)6-7(9)2-5-10(11)12/h3-4,6H,2,5H2,1H3,(H,11,12)(H,13,14). The van der Waals surface area contributed by atoms with E-state index >= 15 is 0 Å². The van der Waals surface area contributed by atoms with E-state index < -0.39 is 17.0 Å². The number of carbonyl (C=O) groups is 1. The third-order valence-corrected chi connectivity index (χ3v) is 2.72. The molecule has 0 amide bonds. The van der Waals surface area contributed by atoms with Crippen LogP contribution < -0.4 is 4.74 Å². The van der Waals surface area contributed by atoms with Crippen molar-refractivity contribution in [3.63, 3.8) is 0 Å². The van der Waals surface area contributed by atoms with Crippen molar-refractivity contribution < 1.29 is 23.4 Å². The van der Waals surface area contributed by atoms with Gasteiger partial charge in [0.15, 0.2) is 11.1 Å². The Morgan fingerprint density at radius 3 is 2.69 bits per heavy atom. The summed E-state index contributed by atoms with van der Waals surface area (Å²) < 4.78 is 24.8. The molecule has 0 aromatic heterocycles. The number of benzene rings is 1. The predicted molar refractivity (Wildman–Crippen MR) is 58.0 cm³/mol. The highest BCUT2D eigenvalue weighted by Gasteiger charge is 2.09. The molecule has 1 aromatic carbocycles. The molecule has 0 spiro atoms. The number of hydrogen-bond acceptors (Lipinski definition) is 3. The molecule has 0 radical (unpaired) electrons. The van der Waals surface area contributed by atoms with Gasteiger partial charge < -0.3 is 14.4 Å². The summed E-state index contributed by atoms with van der Waals surface area (Å²) in [5.74, 6) is -0.395. The van der Waals surface area contributed by atoms with Crippen molar-refractivity contribution in [2.45, 2.75) is 17.7 Å². The van der Waals surface area contributed by atoms with Crippen LogP contribution in [0.4, 0.5) is 0 Å². The van der Waals surface area contributed by atoms with Gasteiger partial charge in [-0.2, -0.15) is 0 Å². The maximum Gasteiger partial charge on any atom is 0.303 e. The van der Waals surface area contributed by atoms with E-state index in [9.17, 15) is 9.00 Å². The van der Waals surface area contributed by atoms with Gasteiger partial charge in [0, 0.05) is 6.42 Å². The van der Waals surface area contributed by atoms with Gasteiger partial charge in [-0.05, 0) is 30.2 Å². The monoisotopic (exact) mass is 244 g/mol. The van der Waals surface area contributed by atoms with Crippen LogP contribution in [0.2, 0.25) is 0 Å². The van der Waals surface area contributed by atoms with Gasteiger partial charge in [0.05, 0.1) is 12.0 Å². The number of carboxylic acid groups (broad SMARTS) is 1. The van der Waals surface area contributed by atoms with Crippen LogP contribution in [0.25, 0.3) is 0 Å². The first-order chi connectivity index (χ1) is 7.54. The van der Waals surface area contributed by atoms with Crippen molar-refractivity contribution in [3.8, 4) is 5.75 Å². The lowest BCUT2D eigenvalue weighted by Gasteiger charge is -2.08. The molecule has 0 aliphatic carbocycles. The molecule has 2 N–H and O–H groups in total. The number of carboxylic acids is 1. The van der Waals surface area contributed by atoms with Gasteiger partial charge in [-0.25, -0.2) is 4.21 Å². The number of hydrogen-bond donors (Lipinski definition) is 2. The number of aryl methyl sites for hydroxylation is 1. The topological polar surface area (TPSA) is 83.8 Å². The summed E-state index contributed by atoms with van der Waals surface area (Å²) in [4.78, 5) is 10.7. The first-order valence-corrected chi connectivity index (χ1v) is 5.65. The minimum Gasteiger partial charge on any atom is -0.496 e. The normalized spacial score (nSPS) is 12.1. The number of aliphatic carboxylic acids is 1. The van der Waals surface area contributed by atoms with E-state index in [0.717, 1.165) is 0 Å². The first kappa shape index (κ1) is 12.7. The average Bonchev–Trinajstić information content (AvgIpc) is 2.25. The van der Waals surface area contributed by atoms with Crippen molar-refractivity contribution in [3.05, 3.63) is 23.8 Å². The molecule has 0 fully saturated rings. The van der Waals surface area contributed by atoms with E-state index in [-0.39, 0.29) is 17.7 Å². The van der Waals surface area contributed by atoms with Gasteiger partial charge in [-0.3, -0.25) is 4.79 Å². The van der Waals surface area contributed by atoms with Crippen LogP contribution in [0.1, 0.15) is 12.0 Å². The van der Waals surface area contributed by atoms with Crippen molar-refractivity contribution in [2.24, 2.45) is 0 Å². The lowest BCUT2D eigenvalue weighted by atomic mass is 10.1. The fraction of sp³-hybridized carbons (Fsp3) is 0.300. The SMILES string of the molecule is COc1ccc(S(=O)O)cc1CCC(=O)O. The summed E-state index contributed by atoms with van der Waals surface area (Å²) in [5, 5.41) is 8.57. The average molecular weight is 244 g/mol. The predicted octanol–water partition coefficient (Wildman–Crippen LogP) is 1.29. The smallest absolute Gasteiger partial charge is 0.303 e. The zero-order valence-electron chi connectivity index (χ0n) is 8.67. The Bertz CT molecular complexity index is 416. The molecule has 0 aliphatic heterocycles. The summed E-state index contributed by atoms with van der Waals surface area (Å²) in [6, 6.07) is 4.51. The molecule has 1 aromatic rings. The van der Waals surface area contributed by atoms with E-state index in [1.807, 2.05) is 0 Å². The molecule has 0 aliphatic rings. The molecule has 16 heavy (non-hydrogen) atoms. The van der Waals surface area contributed by atoms with Gasteiger partial charge in [-0.15, -0.1) is 0 Å². The maximum atomic E-state index is 10.8. The Morgan fingerprint density at radius 1 is 1.50 bits per heavy atom. The van der Waals surface area contributed by atoms with Crippen LogP contribution in [0, 0.1) is 0 Å². The van der Waals surface area contributed by atoms with Crippen LogP contribution in [0.15, 0.2) is 23.1 Å². The largest absolute Gasteiger partial charge is 0.496 e. The summed E-state index contributed by atoms with van der Waals surface area (Å²) >= 11 is -2.07. The lowest BCUT2D eigenvalue weighted by molar-refractivity contribution is -0.136. The van der Waals surface area contributed by atoms with Gasteiger partial charge in [0.25, 0.3) is 0 Å². The molecule has 6 heteroatoms. The van der Waals surface area contributed by atoms with Gasteiger partial charge in [0.2, 0.25) is 0 Å². The maximum absolute atomic E-state index is 10.8. The van der Waals surface area contributed by atoms with Crippen LogP contribution in [0.5, 0.6) is 5.75 Å². The fourth-order valence-corrected chi connectivity index (χ4v) is 1.73. The highest BCUT2D eigenvalue weighted by Crippen LogP contribution is 2.22. The van der Waals surface area contributed by atoms with Crippen molar-refractivity contribution in [1.82, 2.24) is 0 Å². The summed E-state index contributed by atoms with van der Waals surface area (Å²) in [7, 11) is 1.47. The summed E-state index contributed by atoms with van der Waals surface area (Å²) in [6.07, 6.45) is 0.224. The van der Waals surface area contributed by atoms with Crippen molar-refractivity contribution >= 4 is 17.0 Å². The second-order valence-electron chi connectivity index (χ2n) is 3.12. The molecule has 5 nitrogen and oxygen atoms in total. The molecular formula is C10H12O5S. The number of rotatable bonds is 5. The Labute approximate surface area is 95.3 Å². The second kappa shape index (κ2) is 5.62. The molecule has 1 rings (SSSR count). The molecule has 1 unspecified atom stereocenters.